The van der Waals surface area contributed by atoms with E-state index in [-0.39, 0.29) is 11.8 Å². The number of para-hydroxylation sites is 1. The fourth-order valence-electron chi connectivity index (χ4n) is 6.03. The molecule has 5 rings (SSSR count). The molecule has 2 unspecified atom stereocenters. The van der Waals surface area contributed by atoms with E-state index < -0.39 is 5.60 Å². The molecule has 3 aliphatic rings. The van der Waals surface area contributed by atoms with Crippen LogP contribution in [0.2, 0.25) is 0 Å². The van der Waals surface area contributed by atoms with E-state index in [0.29, 0.717) is 34.8 Å². The van der Waals surface area contributed by atoms with Crippen LogP contribution < -0.4 is 10.6 Å². The Morgan fingerprint density at radius 2 is 1.75 bits per heavy atom. The van der Waals surface area contributed by atoms with E-state index in [1.165, 1.54) is 12.8 Å². The zero-order chi connectivity index (χ0) is 25.4. The maximum atomic E-state index is 12.4. The van der Waals surface area contributed by atoms with E-state index in [1.807, 2.05) is 43.9 Å². The number of anilines is 2. The number of aromatic hydroxyl groups is 1. The topological polar surface area (TPSA) is 108 Å². The minimum atomic E-state index is -0.461. The summed E-state index contributed by atoms with van der Waals surface area (Å²) < 4.78 is 5.54. The lowest BCUT2D eigenvalue weighted by Crippen LogP contribution is -2.53. The number of carbonyl (C=O) groups excluding carboxylic acids is 1. The molecular weight excluding hydrogens is 456 g/mol. The molecule has 2 bridgehead atoms. The number of phenols is 1. The number of carbonyl (C=O) groups is 1. The summed E-state index contributed by atoms with van der Waals surface area (Å²) >= 11 is 0. The highest BCUT2D eigenvalue weighted by atomic mass is 16.6. The second-order valence-corrected chi connectivity index (χ2v) is 11.5. The van der Waals surface area contributed by atoms with Gasteiger partial charge in [0.2, 0.25) is 0 Å². The van der Waals surface area contributed by atoms with Gasteiger partial charge in [0.15, 0.2) is 5.82 Å². The highest BCUT2D eigenvalue weighted by Gasteiger charge is 2.43. The Hall–Kier alpha value is -3.07. The third-order valence-electron chi connectivity index (χ3n) is 7.84. The number of fused-ring (bicyclic) bond motifs is 2. The van der Waals surface area contributed by atoms with Gasteiger partial charge in [0.25, 0.3) is 0 Å². The van der Waals surface area contributed by atoms with Crippen LogP contribution in [0.4, 0.5) is 16.3 Å². The maximum absolute atomic E-state index is 12.4. The number of ether oxygens (including phenoxy) is 1. The van der Waals surface area contributed by atoms with Crippen molar-refractivity contribution in [3.63, 3.8) is 0 Å². The monoisotopic (exact) mass is 494 g/mol. The molecule has 9 heteroatoms. The van der Waals surface area contributed by atoms with E-state index in [9.17, 15) is 9.90 Å². The van der Waals surface area contributed by atoms with Gasteiger partial charge in [-0.25, -0.2) is 4.79 Å². The van der Waals surface area contributed by atoms with Crippen molar-refractivity contribution in [1.82, 2.24) is 20.0 Å². The van der Waals surface area contributed by atoms with Crippen LogP contribution in [0, 0.1) is 17.8 Å². The maximum Gasteiger partial charge on any atom is 0.410 e. The Labute approximate surface area is 213 Å². The lowest BCUT2D eigenvalue weighted by molar-refractivity contribution is 0.0117. The van der Waals surface area contributed by atoms with Crippen LogP contribution in [0.5, 0.6) is 5.75 Å². The van der Waals surface area contributed by atoms with E-state index in [0.717, 1.165) is 51.5 Å². The molecule has 3 fully saturated rings. The summed E-state index contributed by atoms with van der Waals surface area (Å²) in [6.45, 7) is 11.9. The third-order valence-corrected chi connectivity index (χ3v) is 7.84. The summed E-state index contributed by atoms with van der Waals surface area (Å²) in [5, 5.41) is 18.7. The molecular formula is C27H38N6O3. The predicted molar refractivity (Wildman–Crippen MR) is 140 cm³/mol. The normalized spacial score (nSPS) is 24.7. The van der Waals surface area contributed by atoms with Gasteiger partial charge in [0.05, 0.1) is 11.4 Å². The Bertz CT molecular complexity index is 1080. The third kappa shape index (κ3) is 5.21. The second-order valence-electron chi connectivity index (χ2n) is 11.5. The van der Waals surface area contributed by atoms with Gasteiger partial charge in [-0.1, -0.05) is 12.1 Å². The number of hydrogen-bond donors (Lipinski definition) is 2. The van der Waals surface area contributed by atoms with Gasteiger partial charge in [-0.15, -0.1) is 10.2 Å². The summed E-state index contributed by atoms with van der Waals surface area (Å²) in [6, 6.07) is 9.15. The Morgan fingerprint density at radius 3 is 2.39 bits per heavy atom. The lowest BCUT2D eigenvalue weighted by Gasteiger charge is -2.43. The molecule has 1 saturated carbocycles. The van der Waals surface area contributed by atoms with Crippen molar-refractivity contribution in [1.29, 1.82) is 0 Å². The number of nitrogens with two attached hydrogens (primary N) is 1. The summed E-state index contributed by atoms with van der Waals surface area (Å²) in [4.78, 5) is 19.1. The van der Waals surface area contributed by atoms with E-state index in [4.69, 9.17) is 10.5 Å². The fraction of sp³-hybridized carbons (Fsp3) is 0.593. The first-order chi connectivity index (χ1) is 17.2. The molecule has 1 amide bonds. The average Bonchev–Trinajstić information content (AvgIpc) is 3.06. The number of nitrogens with zero attached hydrogens (tertiary/aromatic N) is 5. The molecule has 2 saturated heterocycles. The van der Waals surface area contributed by atoms with Gasteiger partial charge in [-0.3, -0.25) is 4.90 Å². The number of amides is 1. The molecule has 2 atom stereocenters. The molecule has 1 aromatic heterocycles. The number of piperazine rings is 1. The van der Waals surface area contributed by atoms with Crippen LogP contribution in [0.15, 0.2) is 30.3 Å². The summed E-state index contributed by atoms with van der Waals surface area (Å²) in [6.07, 6.45) is 2.25. The van der Waals surface area contributed by atoms with Crippen molar-refractivity contribution < 1.29 is 14.6 Å². The van der Waals surface area contributed by atoms with Gasteiger partial charge in [0, 0.05) is 51.4 Å². The van der Waals surface area contributed by atoms with Crippen molar-refractivity contribution in [3.05, 3.63) is 30.3 Å². The Kier molecular flexibility index (Phi) is 6.68. The van der Waals surface area contributed by atoms with Crippen molar-refractivity contribution >= 4 is 17.6 Å². The highest BCUT2D eigenvalue weighted by Crippen LogP contribution is 2.44. The number of nitrogen functional groups attached to an aromatic ring is 1. The largest absolute Gasteiger partial charge is 0.507 e. The molecule has 0 spiro atoms. The fourth-order valence-corrected chi connectivity index (χ4v) is 6.03. The van der Waals surface area contributed by atoms with Gasteiger partial charge in [-0.05, 0) is 69.6 Å². The first kappa shape index (κ1) is 24.6. The van der Waals surface area contributed by atoms with Crippen LogP contribution >= 0.6 is 0 Å². The standard InChI is InChI=1S/C27H38N6O3/c1-27(2,3)36-26(35)32-12-10-31(11-13-32)17-21-18-8-9-19(21)16-33(15-18)23-14-22(29-30-25(23)28)20-6-4-5-7-24(20)34/h4-7,14,18-19,21,34H,8-13,15-17H2,1-3H3,(H2,28,30). The van der Waals surface area contributed by atoms with Crippen molar-refractivity contribution in [2.75, 3.05) is 56.4 Å². The van der Waals surface area contributed by atoms with Crippen LogP contribution in [-0.2, 0) is 4.74 Å². The Morgan fingerprint density at radius 1 is 1.08 bits per heavy atom. The van der Waals surface area contributed by atoms with Crippen LogP contribution in [0.1, 0.15) is 33.6 Å². The molecule has 1 aliphatic carbocycles. The van der Waals surface area contributed by atoms with Crippen molar-refractivity contribution in [2.24, 2.45) is 17.8 Å². The van der Waals surface area contributed by atoms with Crippen LogP contribution in [-0.4, -0.2) is 82.6 Å². The van der Waals surface area contributed by atoms with E-state index in [2.05, 4.69) is 20.0 Å². The molecule has 36 heavy (non-hydrogen) atoms. The van der Waals surface area contributed by atoms with Gasteiger partial charge < -0.3 is 25.4 Å². The number of hydrogen-bond acceptors (Lipinski definition) is 8. The summed E-state index contributed by atoms with van der Waals surface area (Å²) in [7, 11) is 0. The molecule has 0 radical (unpaired) electrons. The van der Waals surface area contributed by atoms with E-state index in [1.54, 1.807) is 12.1 Å². The number of phenolic OH excluding ortho intramolecular Hbond substituents is 1. The summed E-state index contributed by atoms with van der Waals surface area (Å²) in [5.41, 5.74) is 8.02. The van der Waals surface area contributed by atoms with Gasteiger partial charge in [-0.2, -0.15) is 0 Å². The number of piperidine rings is 1. The van der Waals surface area contributed by atoms with E-state index >= 15 is 0 Å². The second kappa shape index (κ2) is 9.76. The number of rotatable bonds is 4. The molecule has 9 nitrogen and oxygen atoms in total. The lowest BCUT2D eigenvalue weighted by atomic mass is 9.84. The molecule has 2 aliphatic heterocycles. The average molecular weight is 495 g/mol. The quantitative estimate of drug-likeness (QED) is 0.666. The predicted octanol–water partition coefficient (Wildman–Crippen LogP) is 3.45. The minimum absolute atomic E-state index is 0.188. The van der Waals surface area contributed by atoms with Gasteiger partial charge >= 0.3 is 6.09 Å². The Balaban J connectivity index is 1.21. The first-order valence-corrected chi connectivity index (χ1v) is 13.0. The van der Waals surface area contributed by atoms with Crippen LogP contribution in [0.3, 0.4) is 0 Å². The smallest absolute Gasteiger partial charge is 0.410 e. The van der Waals surface area contributed by atoms with Crippen molar-refractivity contribution in [2.45, 2.75) is 39.2 Å². The molecule has 1 aromatic carbocycles. The number of aromatic nitrogens is 2. The zero-order valence-electron chi connectivity index (χ0n) is 21.6. The zero-order valence-corrected chi connectivity index (χ0v) is 21.6. The molecule has 3 N–H and O–H groups in total. The van der Waals surface area contributed by atoms with Gasteiger partial charge in [0.1, 0.15) is 11.4 Å². The summed E-state index contributed by atoms with van der Waals surface area (Å²) in [5.74, 6) is 2.49. The SMILES string of the molecule is CC(C)(C)OC(=O)N1CCN(CC2C3CCC2CN(c2cc(-c4ccccc4O)nnc2N)C3)CC1. The molecule has 3 heterocycles. The number of benzene rings is 1. The molecule has 194 valence electrons. The minimum Gasteiger partial charge on any atom is -0.507 e. The van der Waals surface area contributed by atoms with Crippen molar-refractivity contribution in [3.8, 4) is 17.0 Å². The highest BCUT2D eigenvalue weighted by molar-refractivity contribution is 5.74. The first-order valence-electron chi connectivity index (χ1n) is 13.0. The van der Waals surface area contributed by atoms with Crippen LogP contribution in [0.25, 0.3) is 11.3 Å². The molecule has 2 aromatic rings.